The van der Waals surface area contributed by atoms with Gasteiger partial charge in [-0.2, -0.15) is 5.26 Å². The molecule has 0 aromatic heterocycles. The summed E-state index contributed by atoms with van der Waals surface area (Å²) < 4.78 is 31.4. The number of nitriles is 1. The van der Waals surface area contributed by atoms with Crippen LogP contribution in [0.4, 0.5) is 4.79 Å². The Morgan fingerprint density at radius 2 is 1.96 bits per heavy atom. The van der Waals surface area contributed by atoms with Crippen molar-refractivity contribution in [3.05, 3.63) is 0 Å². The average molecular weight is 416 g/mol. The van der Waals surface area contributed by atoms with Crippen LogP contribution in [0.15, 0.2) is 0 Å². The van der Waals surface area contributed by atoms with Gasteiger partial charge in [0, 0.05) is 19.6 Å². The number of hydrogen-bond acceptors (Lipinski definition) is 6. The molecule has 0 saturated carbocycles. The lowest BCUT2D eigenvalue weighted by atomic mass is 9.87. The Morgan fingerprint density at radius 3 is 2.50 bits per heavy atom. The highest BCUT2D eigenvalue weighted by atomic mass is 32.2. The third-order valence-corrected chi connectivity index (χ3v) is 6.13. The zero-order valence-electron chi connectivity index (χ0n) is 16.6. The van der Waals surface area contributed by atoms with Gasteiger partial charge >= 0.3 is 6.03 Å². The molecule has 2 unspecified atom stereocenters. The number of nitrogens with zero attached hydrogens (tertiary/aromatic N) is 2. The maximum Gasteiger partial charge on any atom is 0.318 e. The summed E-state index contributed by atoms with van der Waals surface area (Å²) >= 11 is 0. The predicted molar refractivity (Wildman–Crippen MR) is 102 cm³/mol. The first kappa shape index (κ1) is 22.4. The van der Waals surface area contributed by atoms with Crippen LogP contribution in [0.2, 0.25) is 0 Å². The third kappa shape index (κ3) is 6.32. The van der Waals surface area contributed by atoms with E-state index in [4.69, 9.17) is 4.74 Å². The number of ether oxygens (including phenoxy) is 1. The number of carbonyl (C=O) groups is 2. The fourth-order valence-electron chi connectivity index (χ4n) is 3.23. The van der Waals surface area contributed by atoms with E-state index in [-0.39, 0.29) is 24.4 Å². The van der Waals surface area contributed by atoms with Gasteiger partial charge in [-0.1, -0.05) is 20.8 Å². The number of hydrogen-bond donors (Lipinski definition) is 3. The molecule has 2 aliphatic rings. The van der Waals surface area contributed by atoms with Gasteiger partial charge in [0.15, 0.2) is 0 Å². The molecular weight excluding hydrogens is 386 g/mol. The molecule has 0 spiro atoms. The minimum absolute atomic E-state index is 0.0697. The zero-order valence-corrected chi connectivity index (χ0v) is 17.4. The normalized spacial score (nSPS) is 26.0. The minimum Gasteiger partial charge on any atom is -0.378 e. The summed E-state index contributed by atoms with van der Waals surface area (Å²) in [6.45, 7) is 7.61. The van der Waals surface area contributed by atoms with E-state index in [1.807, 2.05) is 26.8 Å². The van der Waals surface area contributed by atoms with Crippen LogP contribution in [0.3, 0.4) is 0 Å². The van der Waals surface area contributed by atoms with E-state index in [1.165, 1.54) is 0 Å². The van der Waals surface area contributed by atoms with Crippen molar-refractivity contribution in [2.45, 2.75) is 45.2 Å². The lowest BCUT2D eigenvalue weighted by molar-refractivity contribution is -0.125. The highest BCUT2D eigenvalue weighted by Crippen LogP contribution is 2.23. The molecule has 0 aliphatic carbocycles. The van der Waals surface area contributed by atoms with Gasteiger partial charge in [0.05, 0.1) is 19.3 Å². The molecule has 2 rings (SSSR count). The molecule has 0 aromatic rings. The third-order valence-electron chi connectivity index (χ3n) is 4.62. The van der Waals surface area contributed by atoms with Gasteiger partial charge in [-0.25, -0.2) is 17.9 Å². The average Bonchev–Trinajstić information content (AvgIpc) is 2.59. The zero-order chi connectivity index (χ0) is 21.0. The molecule has 3 amide bonds. The molecule has 2 heterocycles. The summed E-state index contributed by atoms with van der Waals surface area (Å²) in [4.78, 5) is 27.1. The van der Waals surface area contributed by atoms with Gasteiger partial charge in [0.1, 0.15) is 17.3 Å². The summed E-state index contributed by atoms with van der Waals surface area (Å²) in [6, 6.07) is 0.679. The Hall–Kier alpha value is -1.90. The van der Waals surface area contributed by atoms with E-state index in [1.54, 1.807) is 4.90 Å². The van der Waals surface area contributed by atoms with Crippen LogP contribution in [-0.4, -0.2) is 75.4 Å². The van der Waals surface area contributed by atoms with Crippen LogP contribution in [-0.2, 0) is 19.6 Å². The Balaban J connectivity index is 2.14. The summed E-state index contributed by atoms with van der Waals surface area (Å²) in [5.74, 6) is -1.07. The van der Waals surface area contributed by atoms with Gasteiger partial charge in [0.2, 0.25) is 15.9 Å². The van der Waals surface area contributed by atoms with Gasteiger partial charge in [-0.05, 0) is 18.3 Å². The van der Waals surface area contributed by atoms with E-state index >= 15 is 0 Å². The molecule has 28 heavy (non-hydrogen) atoms. The van der Waals surface area contributed by atoms with Crippen molar-refractivity contribution in [1.82, 2.24) is 20.3 Å². The number of amides is 3. The molecule has 0 bridgehead atoms. The van der Waals surface area contributed by atoms with Crippen molar-refractivity contribution in [3.63, 3.8) is 0 Å². The second-order valence-electron chi connectivity index (χ2n) is 8.45. The number of urea groups is 1. The lowest BCUT2D eigenvalue weighted by Crippen LogP contribution is -2.63. The molecule has 2 fully saturated rings. The molecule has 158 valence electrons. The van der Waals surface area contributed by atoms with Crippen LogP contribution < -0.4 is 15.4 Å². The number of sulfonamides is 1. The molecular formula is C17H29N5O5S. The van der Waals surface area contributed by atoms with Crippen LogP contribution in [0.5, 0.6) is 0 Å². The van der Waals surface area contributed by atoms with Crippen LogP contribution >= 0.6 is 0 Å². The molecule has 3 N–H and O–H groups in total. The minimum atomic E-state index is -3.65. The monoisotopic (exact) mass is 415 g/mol. The number of carbonyl (C=O) groups excluding carboxylic acids is 2. The van der Waals surface area contributed by atoms with Gasteiger partial charge < -0.3 is 20.3 Å². The number of rotatable bonds is 4. The van der Waals surface area contributed by atoms with Gasteiger partial charge in [0.25, 0.3) is 0 Å². The molecule has 2 atom stereocenters. The Labute approximate surface area is 166 Å². The smallest absolute Gasteiger partial charge is 0.318 e. The fourth-order valence-corrected chi connectivity index (χ4v) is 4.68. The fraction of sp³-hybridized carbons (Fsp3) is 0.824. The van der Waals surface area contributed by atoms with E-state index in [9.17, 15) is 23.3 Å². The quantitative estimate of drug-likeness (QED) is 0.567. The van der Waals surface area contributed by atoms with Crippen molar-refractivity contribution in [1.29, 1.82) is 5.26 Å². The standard InChI is InChI=1S/C17H29N5O5S/c1-16(2,3)10-13(20-15(24)22-6-8-27-9-7-22)14(23)21-17(11-18)4-5-19-28(25,26)12-17/h13,19H,4-10,12H2,1-3H3,(H,20,24)(H,21,23). The highest BCUT2D eigenvalue weighted by molar-refractivity contribution is 7.89. The maximum atomic E-state index is 12.9. The second-order valence-corrected chi connectivity index (χ2v) is 10.3. The Kier molecular flexibility index (Phi) is 6.90. The van der Waals surface area contributed by atoms with Crippen molar-refractivity contribution in [2.75, 3.05) is 38.6 Å². The molecule has 0 radical (unpaired) electrons. The van der Waals surface area contributed by atoms with E-state index in [0.29, 0.717) is 32.7 Å². The maximum absolute atomic E-state index is 12.9. The van der Waals surface area contributed by atoms with Gasteiger partial charge in [-0.15, -0.1) is 0 Å². The van der Waals surface area contributed by atoms with E-state index in [0.717, 1.165) is 0 Å². The van der Waals surface area contributed by atoms with Crippen molar-refractivity contribution in [3.8, 4) is 6.07 Å². The summed E-state index contributed by atoms with van der Waals surface area (Å²) in [7, 11) is -3.65. The molecule has 11 heteroatoms. The Morgan fingerprint density at radius 1 is 1.32 bits per heavy atom. The largest absolute Gasteiger partial charge is 0.378 e. The van der Waals surface area contributed by atoms with Crippen molar-refractivity contribution >= 4 is 22.0 Å². The lowest BCUT2D eigenvalue weighted by Gasteiger charge is -2.35. The van der Waals surface area contributed by atoms with Crippen LogP contribution in [0, 0.1) is 16.7 Å². The van der Waals surface area contributed by atoms with Crippen molar-refractivity contribution in [2.24, 2.45) is 5.41 Å². The van der Waals surface area contributed by atoms with Gasteiger partial charge in [-0.3, -0.25) is 4.79 Å². The van der Waals surface area contributed by atoms with Crippen LogP contribution in [0.25, 0.3) is 0 Å². The SMILES string of the molecule is CC(C)(C)CC(NC(=O)N1CCOCC1)C(=O)NC1(C#N)CCNS(=O)(=O)C1. The summed E-state index contributed by atoms with van der Waals surface area (Å²) in [5.41, 5.74) is -1.79. The first-order chi connectivity index (χ1) is 13.0. The topological polar surface area (TPSA) is 141 Å². The summed E-state index contributed by atoms with van der Waals surface area (Å²) in [6.07, 6.45) is 0.496. The van der Waals surface area contributed by atoms with E-state index < -0.39 is 33.3 Å². The molecule has 2 saturated heterocycles. The summed E-state index contributed by atoms with van der Waals surface area (Å²) in [5, 5.41) is 14.9. The first-order valence-corrected chi connectivity index (χ1v) is 10.9. The Bertz CT molecular complexity index is 736. The molecule has 10 nitrogen and oxygen atoms in total. The highest BCUT2D eigenvalue weighted by Gasteiger charge is 2.42. The van der Waals surface area contributed by atoms with Crippen LogP contribution in [0.1, 0.15) is 33.6 Å². The second kappa shape index (κ2) is 8.63. The van der Waals surface area contributed by atoms with E-state index in [2.05, 4.69) is 15.4 Å². The molecule has 2 aliphatic heterocycles. The number of nitrogens with one attached hydrogen (secondary N) is 3. The molecule has 0 aromatic carbocycles. The van der Waals surface area contributed by atoms with Crippen molar-refractivity contribution < 1.29 is 22.7 Å². The first-order valence-electron chi connectivity index (χ1n) is 9.29. The number of morpholine rings is 1. The predicted octanol–water partition coefficient (Wildman–Crippen LogP) is -0.465.